The van der Waals surface area contributed by atoms with E-state index in [1.165, 1.54) is 6.92 Å². The van der Waals surface area contributed by atoms with Crippen LogP contribution in [0.1, 0.15) is 5.56 Å². The van der Waals surface area contributed by atoms with Gasteiger partial charge >= 0.3 is 0 Å². The Labute approximate surface area is 117 Å². The predicted molar refractivity (Wildman–Crippen MR) is 72.6 cm³/mol. The summed E-state index contributed by atoms with van der Waals surface area (Å²) in [7, 11) is 0. The summed E-state index contributed by atoms with van der Waals surface area (Å²) in [5.74, 6) is -2.16. The second-order valence-electron chi connectivity index (χ2n) is 4.54. The van der Waals surface area contributed by atoms with Gasteiger partial charge in [0.25, 0.3) is 0 Å². The number of nitrogens with two attached hydrogens (primary N) is 1. The van der Waals surface area contributed by atoms with Gasteiger partial charge < -0.3 is 11.1 Å². The smallest absolute Gasteiger partial charge is 0.185 e. The van der Waals surface area contributed by atoms with Crippen LogP contribution in [-0.2, 0) is 0 Å². The van der Waals surface area contributed by atoms with Gasteiger partial charge in [0.15, 0.2) is 17.3 Å². The number of H-pyrrole nitrogens is 1. The van der Waals surface area contributed by atoms with Crippen LogP contribution in [0.25, 0.3) is 11.0 Å². The number of nitrogens with zero attached hydrogens (tertiary/aromatic N) is 2. The minimum Gasteiger partial charge on any atom is -0.384 e. The van der Waals surface area contributed by atoms with Crippen LogP contribution in [0.5, 0.6) is 0 Å². The molecule has 4 N–H and O–H groups in total. The van der Waals surface area contributed by atoms with Crippen molar-refractivity contribution in [2.24, 2.45) is 0 Å². The van der Waals surface area contributed by atoms with Crippen molar-refractivity contribution in [1.29, 1.82) is 0 Å². The zero-order chi connectivity index (χ0) is 15.1. The molecule has 108 valence electrons. The van der Waals surface area contributed by atoms with Gasteiger partial charge in [0.1, 0.15) is 17.5 Å². The van der Waals surface area contributed by atoms with Gasteiger partial charge in [-0.15, -0.1) is 0 Å². The number of hydrogen-bond acceptors (Lipinski definition) is 4. The van der Waals surface area contributed by atoms with Crippen LogP contribution in [0.15, 0.2) is 18.2 Å². The van der Waals surface area contributed by atoms with E-state index >= 15 is 0 Å². The van der Waals surface area contributed by atoms with Crippen LogP contribution in [0, 0.1) is 24.4 Å². The van der Waals surface area contributed by atoms with E-state index in [4.69, 9.17) is 5.73 Å². The fourth-order valence-electron chi connectivity index (χ4n) is 1.97. The zero-order valence-corrected chi connectivity index (χ0v) is 10.8. The van der Waals surface area contributed by atoms with Crippen molar-refractivity contribution in [3.8, 4) is 0 Å². The molecule has 21 heavy (non-hydrogen) atoms. The molecule has 3 aromatic rings. The Hall–Kier alpha value is -2.77. The lowest BCUT2D eigenvalue weighted by Crippen LogP contribution is -2.01. The van der Waals surface area contributed by atoms with Crippen molar-refractivity contribution in [3.63, 3.8) is 0 Å². The molecular weight excluding hydrogens is 283 g/mol. The molecule has 2 aromatic heterocycles. The Bertz CT molecular complexity index is 843. The Kier molecular flexibility index (Phi) is 2.93. The number of hydrogen-bond donors (Lipinski definition) is 3. The molecule has 0 aliphatic heterocycles. The number of pyridine rings is 1. The summed E-state index contributed by atoms with van der Waals surface area (Å²) in [6.07, 6.45) is 0. The molecule has 0 aliphatic rings. The first kappa shape index (κ1) is 13.2. The molecule has 3 rings (SSSR count). The molecule has 2 heterocycles. The van der Waals surface area contributed by atoms with Crippen molar-refractivity contribution in [1.82, 2.24) is 15.2 Å². The minimum absolute atomic E-state index is 0.100. The minimum atomic E-state index is -0.753. The fraction of sp³-hybridized carbons (Fsp3) is 0.0769. The summed E-state index contributed by atoms with van der Waals surface area (Å²) in [6, 6.07) is 3.09. The van der Waals surface area contributed by atoms with Crippen molar-refractivity contribution >= 4 is 28.4 Å². The first-order chi connectivity index (χ1) is 9.95. The highest BCUT2D eigenvalue weighted by atomic mass is 19.1. The Morgan fingerprint density at radius 2 is 1.95 bits per heavy atom. The molecule has 0 amide bonds. The van der Waals surface area contributed by atoms with Gasteiger partial charge in [0, 0.05) is 6.07 Å². The molecule has 0 saturated carbocycles. The van der Waals surface area contributed by atoms with Crippen molar-refractivity contribution in [2.45, 2.75) is 6.92 Å². The van der Waals surface area contributed by atoms with Crippen molar-refractivity contribution in [2.75, 3.05) is 11.1 Å². The number of nitrogen functional groups attached to an aromatic ring is 1. The summed E-state index contributed by atoms with van der Waals surface area (Å²) in [6.45, 7) is 1.41. The zero-order valence-electron chi connectivity index (χ0n) is 10.8. The van der Waals surface area contributed by atoms with Crippen LogP contribution >= 0.6 is 0 Å². The van der Waals surface area contributed by atoms with E-state index in [0.29, 0.717) is 5.39 Å². The fourth-order valence-corrected chi connectivity index (χ4v) is 1.97. The molecular formula is C13H10F3N5. The van der Waals surface area contributed by atoms with E-state index < -0.39 is 17.5 Å². The van der Waals surface area contributed by atoms with E-state index in [2.05, 4.69) is 20.5 Å². The maximum atomic E-state index is 14.0. The van der Waals surface area contributed by atoms with Crippen LogP contribution in [0.4, 0.5) is 30.5 Å². The number of benzene rings is 1. The van der Waals surface area contributed by atoms with E-state index in [9.17, 15) is 13.2 Å². The summed E-state index contributed by atoms with van der Waals surface area (Å²) in [5.41, 5.74) is 5.62. The van der Waals surface area contributed by atoms with Gasteiger partial charge in [-0.05, 0) is 24.6 Å². The third kappa shape index (κ3) is 2.24. The highest BCUT2D eigenvalue weighted by Crippen LogP contribution is 2.27. The van der Waals surface area contributed by atoms with Gasteiger partial charge in [-0.2, -0.15) is 5.10 Å². The van der Waals surface area contributed by atoms with Crippen LogP contribution in [0.3, 0.4) is 0 Å². The van der Waals surface area contributed by atoms with Gasteiger partial charge in [0.05, 0.1) is 11.1 Å². The number of aromatic amines is 1. The number of nitrogens with one attached hydrogen (secondary N) is 2. The molecule has 0 unspecified atom stereocenters. The molecule has 0 bridgehead atoms. The molecule has 0 saturated heterocycles. The van der Waals surface area contributed by atoms with Crippen molar-refractivity contribution in [3.05, 3.63) is 41.2 Å². The molecule has 0 aliphatic carbocycles. The van der Waals surface area contributed by atoms with Crippen LogP contribution < -0.4 is 11.1 Å². The second-order valence-corrected chi connectivity index (χ2v) is 4.54. The molecule has 0 atom stereocenters. The Balaban J connectivity index is 2.08. The number of rotatable bonds is 2. The van der Waals surface area contributed by atoms with Crippen LogP contribution in [0.2, 0.25) is 0 Å². The van der Waals surface area contributed by atoms with Gasteiger partial charge in [-0.3, -0.25) is 5.10 Å². The lowest BCUT2D eigenvalue weighted by molar-refractivity contribution is 0.595. The highest BCUT2D eigenvalue weighted by molar-refractivity contribution is 5.87. The SMILES string of the molecule is Cc1cc(F)cc(Nc2nc3n[nH]c(N)c3cc2F)c1F. The monoisotopic (exact) mass is 293 g/mol. The molecule has 0 fully saturated rings. The maximum Gasteiger partial charge on any atom is 0.185 e. The quantitative estimate of drug-likeness (QED) is 0.678. The normalized spacial score (nSPS) is 11.0. The van der Waals surface area contributed by atoms with E-state index in [1.54, 1.807) is 0 Å². The van der Waals surface area contributed by atoms with E-state index in [-0.39, 0.29) is 28.5 Å². The standard InChI is InChI=1S/C13H10F3N5/c1-5-2-6(14)3-9(10(5)16)18-13-8(15)4-7-11(17)20-21-12(7)19-13/h2-4H,1H3,(H4,17,18,19,20,21). The van der Waals surface area contributed by atoms with Crippen LogP contribution in [-0.4, -0.2) is 15.2 Å². The number of aromatic nitrogens is 3. The molecule has 1 aromatic carbocycles. The number of aryl methyl sites for hydroxylation is 1. The summed E-state index contributed by atoms with van der Waals surface area (Å²) < 4.78 is 41.2. The van der Waals surface area contributed by atoms with E-state index in [1.807, 2.05) is 0 Å². The predicted octanol–water partition coefficient (Wildman–Crippen LogP) is 3.01. The molecule has 0 radical (unpaired) electrons. The number of fused-ring (bicyclic) bond motifs is 1. The summed E-state index contributed by atoms with van der Waals surface area (Å²) in [5, 5.41) is 8.99. The maximum absolute atomic E-state index is 14.0. The second kappa shape index (κ2) is 4.65. The Morgan fingerprint density at radius 3 is 2.71 bits per heavy atom. The van der Waals surface area contributed by atoms with Gasteiger partial charge in [-0.1, -0.05) is 0 Å². The molecule has 8 heteroatoms. The largest absolute Gasteiger partial charge is 0.384 e. The molecule has 5 nitrogen and oxygen atoms in total. The Morgan fingerprint density at radius 1 is 1.19 bits per heavy atom. The van der Waals surface area contributed by atoms with E-state index in [0.717, 1.165) is 18.2 Å². The lowest BCUT2D eigenvalue weighted by atomic mass is 10.2. The average molecular weight is 293 g/mol. The molecule has 0 spiro atoms. The first-order valence-corrected chi connectivity index (χ1v) is 5.98. The summed E-state index contributed by atoms with van der Waals surface area (Å²) >= 11 is 0. The van der Waals surface area contributed by atoms with Crippen molar-refractivity contribution < 1.29 is 13.2 Å². The third-order valence-corrected chi connectivity index (χ3v) is 3.00. The number of anilines is 3. The third-order valence-electron chi connectivity index (χ3n) is 3.00. The number of halogens is 3. The lowest BCUT2D eigenvalue weighted by Gasteiger charge is -2.09. The van der Waals surface area contributed by atoms with Gasteiger partial charge in [-0.25, -0.2) is 18.2 Å². The topological polar surface area (TPSA) is 79.6 Å². The van der Waals surface area contributed by atoms with Gasteiger partial charge in [0.2, 0.25) is 0 Å². The average Bonchev–Trinajstić information content (AvgIpc) is 2.77. The first-order valence-electron chi connectivity index (χ1n) is 5.98. The summed E-state index contributed by atoms with van der Waals surface area (Å²) in [4.78, 5) is 3.89. The highest BCUT2D eigenvalue weighted by Gasteiger charge is 2.14.